The number of hydrogen-bond acceptors (Lipinski definition) is 5. The Bertz CT molecular complexity index is 1050. The Balaban J connectivity index is 1.50. The Morgan fingerprint density at radius 3 is 2.47 bits per heavy atom. The van der Waals surface area contributed by atoms with E-state index in [1.165, 1.54) is 6.92 Å². The lowest BCUT2D eigenvalue weighted by molar-refractivity contribution is -0.123. The lowest BCUT2D eigenvalue weighted by Crippen LogP contribution is -2.28. The number of Topliss-reactive ketones (excluding diaryl/α,β-unsaturated/α-hetero) is 1. The second kappa shape index (κ2) is 9.97. The zero-order valence-electron chi connectivity index (χ0n) is 16.4. The number of carbonyl (C=O) groups excluding carboxylic acids is 3. The number of nitrogens with zero attached hydrogens (tertiary/aromatic N) is 1. The lowest BCUT2D eigenvalue weighted by Gasteiger charge is -2.10. The zero-order chi connectivity index (χ0) is 21.3. The number of amides is 2. The van der Waals surface area contributed by atoms with Gasteiger partial charge in [-0.2, -0.15) is 0 Å². The Kier molecular flexibility index (Phi) is 6.89. The molecule has 2 amide bonds. The van der Waals surface area contributed by atoms with Gasteiger partial charge < -0.3 is 15.4 Å². The topological polar surface area (TPSA) is 97.4 Å². The number of ether oxygens (including phenoxy) is 1. The molecule has 7 nitrogen and oxygen atoms in total. The van der Waals surface area contributed by atoms with Crippen LogP contribution in [0.25, 0.3) is 0 Å². The second-order valence-corrected chi connectivity index (χ2v) is 6.54. The Morgan fingerprint density at radius 2 is 1.70 bits per heavy atom. The van der Waals surface area contributed by atoms with E-state index in [1.54, 1.807) is 67.0 Å². The number of aromatic nitrogens is 1. The standard InChI is InChI=1S/C23H21N3O4/c1-16(27)19-5-3-7-21(13-19)30-15-22(28)25-14-17-4-2-6-20(12-17)26-23(29)18-8-10-24-11-9-18/h2-13H,14-15H2,1H3,(H,25,28)(H,26,29). The summed E-state index contributed by atoms with van der Waals surface area (Å²) in [4.78, 5) is 39.6. The van der Waals surface area contributed by atoms with Crippen LogP contribution in [0, 0.1) is 0 Å². The largest absolute Gasteiger partial charge is 0.484 e. The Morgan fingerprint density at radius 1 is 0.933 bits per heavy atom. The maximum Gasteiger partial charge on any atom is 0.258 e. The van der Waals surface area contributed by atoms with Crippen molar-refractivity contribution in [2.24, 2.45) is 0 Å². The molecule has 2 N–H and O–H groups in total. The normalized spacial score (nSPS) is 10.2. The van der Waals surface area contributed by atoms with Crippen LogP contribution in [-0.4, -0.2) is 29.2 Å². The molecule has 0 saturated carbocycles. The van der Waals surface area contributed by atoms with Crippen LogP contribution < -0.4 is 15.4 Å². The van der Waals surface area contributed by atoms with Gasteiger partial charge in [0.05, 0.1) is 0 Å². The average molecular weight is 403 g/mol. The van der Waals surface area contributed by atoms with Crippen molar-refractivity contribution in [3.8, 4) is 5.75 Å². The van der Waals surface area contributed by atoms with Crippen molar-refractivity contribution in [1.29, 1.82) is 0 Å². The van der Waals surface area contributed by atoms with Gasteiger partial charge >= 0.3 is 0 Å². The van der Waals surface area contributed by atoms with Crippen LogP contribution in [0.15, 0.2) is 73.1 Å². The van der Waals surface area contributed by atoms with E-state index in [0.717, 1.165) is 5.56 Å². The molecule has 7 heteroatoms. The molecule has 0 fully saturated rings. The van der Waals surface area contributed by atoms with Crippen LogP contribution in [0.4, 0.5) is 5.69 Å². The molecule has 0 aliphatic rings. The molecule has 0 atom stereocenters. The van der Waals surface area contributed by atoms with Crippen molar-refractivity contribution in [2.45, 2.75) is 13.5 Å². The van der Waals surface area contributed by atoms with Crippen molar-refractivity contribution in [3.05, 3.63) is 89.7 Å². The molecule has 2 aromatic carbocycles. The number of benzene rings is 2. The third-order valence-corrected chi connectivity index (χ3v) is 4.23. The van der Waals surface area contributed by atoms with Gasteiger partial charge in [-0.3, -0.25) is 19.4 Å². The van der Waals surface area contributed by atoms with Gasteiger partial charge in [-0.25, -0.2) is 0 Å². The number of hydrogen-bond donors (Lipinski definition) is 2. The van der Waals surface area contributed by atoms with E-state index < -0.39 is 0 Å². The smallest absolute Gasteiger partial charge is 0.258 e. The molecule has 0 spiro atoms. The van der Waals surface area contributed by atoms with Crippen molar-refractivity contribution in [1.82, 2.24) is 10.3 Å². The van der Waals surface area contributed by atoms with Crippen molar-refractivity contribution >= 4 is 23.3 Å². The summed E-state index contributed by atoms with van der Waals surface area (Å²) in [7, 11) is 0. The van der Waals surface area contributed by atoms with Crippen LogP contribution in [0.3, 0.4) is 0 Å². The molecule has 0 radical (unpaired) electrons. The van der Waals surface area contributed by atoms with E-state index in [-0.39, 0.29) is 30.7 Å². The summed E-state index contributed by atoms with van der Waals surface area (Å²) in [6.45, 7) is 1.59. The van der Waals surface area contributed by atoms with Crippen LogP contribution in [0.2, 0.25) is 0 Å². The molecule has 0 aliphatic heterocycles. The number of carbonyl (C=O) groups is 3. The number of nitrogens with one attached hydrogen (secondary N) is 2. The van der Waals surface area contributed by atoms with Crippen LogP contribution in [0.1, 0.15) is 33.2 Å². The van der Waals surface area contributed by atoms with Gasteiger partial charge in [-0.15, -0.1) is 0 Å². The molecule has 0 unspecified atom stereocenters. The summed E-state index contributed by atoms with van der Waals surface area (Å²) >= 11 is 0. The first-order chi connectivity index (χ1) is 14.5. The Labute approximate surface area is 174 Å². The quantitative estimate of drug-likeness (QED) is 0.563. The van der Waals surface area contributed by atoms with Gasteiger partial charge in [0.1, 0.15) is 5.75 Å². The molecular formula is C23H21N3O4. The summed E-state index contributed by atoms with van der Waals surface area (Å²) in [5, 5.41) is 5.58. The minimum Gasteiger partial charge on any atom is -0.484 e. The summed E-state index contributed by atoms with van der Waals surface area (Å²) < 4.78 is 5.45. The van der Waals surface area contributed by atoms with E-state index >= 15 is 0 Å². The first kappa shape index (κ1) is 20.7. The minimum atomic E-state index is -0.297. The molecule has 3 rings (SSSR count). The van der Waals surface area contributed by atoms with Crippen molar-refractivity contribution in [2.75, 3.05) is 11.9 Å². The highest BCUT2D eigenvalue weighted by molar-refractivity contribution is 6.04. The van der Waals surface area contributed by atoms with Gasteiger partial charge in [0, 0.05) is 35.8 Å². The molecule has 0 aliphatic carbocycles. The third-order valence-electron chi connectivity index (χ3n) is 4.23. The number of rotatable bonds is 8. The fraction of sp³-hybridized carbons (Fsp3) is 0.130. The molecule has 152 valence electrons. The molecule has 0 bridgehead atoms. The third kappa shape index (κ3) is 6.00. The molecule has 1 aromatic heterocycles. The first-order valence-electron chi connectivity index (χ1n) is 9.32. The van der Waals surface area contributed by atoms with E-state index in [2.05, 4.69) is 15.6 Å². The van der Waals surface area contributed by atoms with Gasteiger partial charge in [0.25, 0.3) is 11.8 Å². The summed E-state index contributed by atoms with van der Waals surface area (Å²) in [6.07, 6.45) is 3.11. The Hall–Kier alpha value is -4.00. The predicted octanol–water partition coefficient (Wildman–Crippen LogP) is 3.23. The first-order valence-corrected chi connectivity index (χ1v) is 9.32. The summed E-state index contributed by atoms with van der Waals surface area (Å²) in [6, 6.07) is 17.2. The average Bonchev–Trinajstić information content (AvgIpc) is 2.77. The van der Waals surface area contributed by atoms with Gasteiger partial charge in [0.15, 0.2) is 12.4 Å². The molecular weight excluding hydrogens is 382 g/mol. The summed E-state index contributed by atoms with van der Waals surface area (Å²) in [5.74, 6) is -0.145. The van der Waals surface area contributed by atoms with Gasteiger partial charge in [-0.1, -0.05) is 24.3 Å². The van der Waals surface area contributed by atoms with Crippen LogP contribution in [0.5, 0.6) is 5.75 Å². The number of ketones is 1. The van der Waals surface area contributed by atoms with Crippen molar-refractivity contribution in [3.63, 3.8) is 0 Å². The van der Waals surface area contributed by atoms with Gasteiger partial charge in [0.2, 0.25) is 0 Å². The molecule has 1 heterocycles. The van der Waals surface area contributed by atoms with E-state index in [4.69, 9.17) is 4.74 Å². The highest BCUT2D eigenvalue weighted by Crippen LogP contribution is 2.14. The van der Waals surface area contributed by atoms with Crippen LogP contribution >= 0.6 is 0 Å². The zero-order valence-corrected chi connectivity index (χ0v) is 16.4. The predicted molar refractivity (Wildman–Crippen MR) is 112 cm³/mol. The highest BCUT2D eigenvalue weighted by atomic mass is 16.5. The van der Waals surface area contributed by atoms with E-state index in [0.29, 0.717) is 22.6 Å². The second-order valence-electron chi connectivity index (χ2n) is 6.54. The van der Waals surface area contributed by atoms with Crippen molar-refractivity contribution < 1.29 is 19.1 Å². The summed E-state index contributed by atoms with van der Waals surface area (Å²) in [5.41, 5.74) is 2.49. The molecule has 0 saturated heterocycles. The fourth-order valence-electron chi connectivity index (χ4n) is 2.67. The lowest BCUT2D eigenvalue weighted by atomic mass is 10.1. The van der Waals surface area contributed by atoms with Crippen LogP contribution in [-0.2, 0) is 11.3 Å². The molecule has 3 aromatic rings. The number of pyridine rings is 1. The maximum absolute atomic E-state index is 12.2. The maximum atomic E-state index is 12.2. The minimum absolute atomic E-state index is 0.0687. The monoisotopic (exact) mass is 403 g/mol. The number of anilines is 1. The fourth-order valence-corrected chi connectivity index (χ4v) is 2.67. The van der Waals surface area contributed by atoms with E-state index in [1.807, 2.05) is 6.07 Å². The highest BCUT2D eigenvalue weighted by Gasteiger charge is 2.08. The SMILES string of the molecule is CC(=O)c1cccc(OCC(=O)NCc2cccc(NC(=O)c3ccncc3)c2)c1. The van der Waals surface area contributed by atoms with Gasteiger partial charge in [-0.05, 0) is 48.9 Å². The molecule has 30 heavy (non-hydrogen) atoms. The van der Waals surface area contributed by atoms with E-state index in [9.17, 15) is 14.4 Å².